The van der Waals surface area contributed by atoms with Gasteiger partial charge in [-0.1, -0.05) is 18.2 Å². The summed E-state index contributed by atoms with van der Waals surface area (Å²) in [5.74, 6) is 0.156. The van der Waals surface area contributed by atoms with Crippen molar-refractivity contribution in [3.63, 3.8) is 0 Å². The van der Waals surface area contributed by atoms with E-state index in [4.69, 9.17) is 4.74 Å². The Morgan fingerprint density at radius 2 is 1.96 bits per heavy atom. The molecule has 1 aliphatic heterocycles. The highest BCUT2D eigenvalue weighted by Crippen LogP contribution is 2.26. The number of aryl methyl sites for hydroxylation is 2. The van der Waals surface area contributed by atoms with Crippen LogP contribution in [-0.2, 0) is 23.1 Å². The van der Waals surface area contributed by atoms with Crippen molar-refractivity contribution >= 4 is 27.7 Å². The van der Waals surface area contributed by atoms with Gasteiger partial charge in [0.25, 0.3) is 5.56 Å². The van der Waals surface area contributed by atoms with Crippen molar-refractivity contribution in [2.24, 2.45) is 7.05 Å². The van der Waals surface area contributed by atoms with Gasteiger partial charge in [-0.3, -0.25) is 9.59 Å². The number of aromatic nitrogens is 3. The second kappa shape index (κ2) is 6.92. The normalized spacial score (nSPS) is 15.0. The first-order valence-corrected chi connectivity index (χ1v) is 8.95. The summed E-state index contributed by atoms with van der Waals surface area (Å²) in [6.07, 6.45) is 2.91. The molecule has 0 spiro atoms. The van der Waals surface area contributed by atoms with Crippen LogP contribution in [0.15, 0.2) is 35.3 Å². The number of benzene rings is 1. The second-order valence-corrected chi connectivity index (χ2v) is 6.60. The van der Waals surface area contributed by atoms with Crippen molar-refractivity contribution in [1.82, 2.24) is 19.2 Å². The number of hydrogen-bond donors (Lipinski definition) is 0. The molecular weight excluding hydrogens is 332 g/mol. The van der Waals surface area contributed by atoms with E-state index in [-0.39, 0.29) is 11.5 Å². The van der Waals surface area contributed by atoms with E-state index in [0.29, 0.717) is 51.2 Å². The lowest BCUT2D eigenvalue weighted by atomic mass is 10.2. The van der Waals surface area contributed by atoms with Gasteiger partial charge in [-0.05, 0) is 12.5 Å². The van der Waals surface area contributed by atoms with Gasteiger partial charge in [-0.25, -0.2) is 4.68 Å². The maximum absolute atomic E-state index is 12.7. The fourth-order valence-corrected chi connectivity index (χ4v) is 3.63. The van der Waals surface area contributed by atoms with Crippen LogP contribution in [0.3, 0.4) is 0 Å². The summed E-state index contributed by atoms with van der Waals surface area (Å²) in [4.78, 5) is 26.9. The zero-order valence-corrected chi connectivity index (χ0v) is 14.9. The average Bonchev–Trinajstić information content (AvgIpc) is 3.00. The zero-order chi connectivity index (χ0) is 18.1. The lowest BCUT2D eigenvalue weighted by Crippen LogP contribution is -2.40. The van der Waals surface area contributed by atoms with Crippen LogP contribution in [0, 0.1) is 0 Å². The van der Waals surface area contributed by atoms with E-state index in [1.807, 2.05) is 33.7 Å². The van der Waals surface area contributed by atoms with Gasteiger partial charge in [-0.15, -0.1) is 0 Å². The van der Waals surface area contributed by atoms with Crippen molar-refractivity contribution in [2.45, 2.75) is 19.4 Å². The van der Waals surface area contributed by atoms with Crippen LogP contribution in [-0.4, -0.2) is 51.5 Å². The summed E-state index contributed by atoms with van der Waals surface area (Å²) in [7, 11) is 1.66. The van der Waals surface area contributed by atoms with Crippen molar-refractivity contribution in [3.05, 3.63) is 40.8 Å². The third kappa shape index (κ3) is 2.88. The lowest BCUT2D eigenvalue weighted by Gasteiger charge is -2.26. The molecule has 0 radical (unpaired) electrons. The van der Waals surface area contributed by atoms with E-state index < -0.39 is 0 Å². The molecule has 7 heteroatoms. The third-order valence-corrected chi connectivity index (χ3v) is 5.00. The Morgan fingerprint density at radius 1 is 1.19 bits per heavy atom. The fourth-order valence-electron chi connectivity index (χ4n) is 3.63. The minimum absolute atomic E-state index is 0.113. The molecule has 26 heavy (non-hydrogen) atoms. The van der Waals surface area contributed by atoms with E-state index >= 15 is 0 Å². The lowest BCUT2D eigenvalue weighted by molar-refractivity contribution is -0.135. The van der Waals surface area contributed by atoms with Gasteiger partial charge in [0.15, 0.2) is 0 Å². The quantitative estimate of drug-likeness (QED) is 0.712. The number of amides is 1. The van der Waals surface area contributed by atoms with Crippen LogP contribution in [0.1, 0.15) is 12.8 Å². The van der Waals surface area contributed by atoms with Gasteiger partial charge < -0.3 is 14.2 Å². The van der Waals surface area contributed by atoms with Crippen LogP contribution < -0.4 is 5.56 Å². The summed E-state index contributed by atoms with van der Waals surface area (Å²) < 4.78 is 8.68. The van der Waals surface area contributed by atoms with Crippen molar-refractivity contribution in [1.29, 1.82) is 0 Å². The molecule has 1 fully saturated rings. The van der Waals surface area contributed by atoms with Crippen LogP contribution in [0.5, 0.6) is 0 Å². The van der Waals surface area contributed by atoms with Gasteiger partial charge in [0, 0.05) is 49.4 Å². The average molecular weight is 354 g/mol. The minimum atomic E-state index is -0.113. The van der Waals surface area contributed by atoms with Crippen LogP contribution in [0.2, 0.25) is 0 Å². The molecule has 0 N–H and O–H groups in total. The highest BCUT2D eigenvalue weighted by molar-refractivity contribution is 6.07. The summed E-state index contributed by atoms with van der Waals surface area (Å²) in [6, 6.07) is 7.95. The van der Waals surface area contributed by atoms with Gasteiger partial charge >= 0.3 is 0 Å². The highest BCUT2D eigenvalue weighted by Gasteiger charge is 2.18. The summed E-state index contributed by atoms with van der Waals surface area (Å²) in [5.41, 5.74) is 1.55. The Kier molecular flexibility index (Phi) is 4.46. The molecule has 0 bridgehead atoms. The van der Waals surface area contributed by atoms with Crippen LogP contribution >= 0.6 is 0 Å². The number of nitrogens with zero attached hydrogens (tertiary/aromatic N) is 4. The number of para-hydroxylation sites is 1. The first kappa shape index (κ1) is 16.8. The Balaban J connectivity index is 1.62. The molecule has 1 aromatic carbocycles. The maximum Gasteiger partial charge on any atom is 0.291 e. The number of fused-ring (bicyclic) bond motifs is 3. The largest absolute Gasteiger partial charge is 0.378 e. The minimum Gasteiger partial charge on any atom is -0.378 e. The van der Waals surface area contributed by atoms with Crippen LogP contribution in [0.4, 0.5) is 0 Å². The van der Waals surface area contributed by atoms with Gasteiger partial charge in [0.1, 0.15) is 5.52 Å². The molecule has 0 saturated carbocycles. The predicted octanol–water partition coefficient (Wildman–Crippen LogP) is 1.53. The molecule has 1 aliphatic rings. The van der Waals surface area contributed by atoms with E-state index in [2.05, 4.69) is 5.10 Å². The molecule has 2 aromatic heterocycles. The topological polar surface area (TPSA) is 69.4 Å². The van der Waals surface area contributed by atoms with Gasteiger partial charge in [-0.2, -0.15) is 5.10 Å². The summed E-state index contributed by atoms with van der Waals surface area (Å²) in [6.45, 7) is 3.18. The molecule has 3 aromatic rings. The summed E-state index contributed by atoms with van der Waals surface area (Å²) >= 11 is 0. The second-order valence-electron chi connectivity index (χ2n) is 6.60. The van der Waals surface area contributed by atoms with E-state index in [9.17, 15) is 9.59 Å². The summed E-state index contributed by atoms with van der Waals surface area (Å²) in [5, 5.41) is 6.04. The Labute approximate surface area is 150 Å². The number of carbonyl (C=O) groups excluding carboxylic acids is 1. The molecule has 0 aliphatic carbocycles. The number of rotatable bonds is 4. The maximum atomic E-state index is 12.7. The number of hydrogen-bond acceptors (Lipinski definition) is 4. The Bertz CT molecular complexity index is 1010. The van der Waals surface area contributed by atoms with E-state index in [0.717, 1.165) is 16.3 Å². The van der Waals surface area contributed by atoms with Crippen molar-refractivity contribution in [3.8, 4) is 0 Å². The highest BCUT2D eigenvalue weighted by atomic mass is 16.5. The molecule has 1 saturated heterocycles. The number of ether oxygens (including phenoxy) is 1. The van der Waals surface area contributed by atoms with Gasteiger partial charge in [0.2, 0.25) is 5.91 Å². The van der Waals surface area contributed by atoms with Gasteiger partial charge in [0.05, 0.1) is 19.4 Å². The first-order valence-electron chi connectivity index (χ1n) is 8.95. The molecule has 7 nitrogen and oxygen atoms in total. The molecule has 136 valence electrons. The standard InChI is InChI=1S/C19H22N4O3/c1-21-19(25)18-15(13-20-21)14-5-2-3-6-16(14)23(18)8-4-7-17(24)22-9-11-26-12-10-22/h2-3,5-6,13H,4,7-12H2,1H3. The molecule has 0 atom stereocenters. The molecule has 1 amide bonds. The smallest absolute Gasteiger partial charge is 0.291 e. The van der Waals surface area contributed by atoms with E-state index in [1.54, 1.807) is 13.2 Å². The zero-order valence-electron chi connectivity index (χ0n) is 14.9. The van der Waals surface area contributed by atoms with Crippen LogP contribution in [0.25, 0.3) is 21.8 Å². The Hall–Kier alpha value is -2.67. The molecular formula is C19H22N4O3. The first-order chi connectivity index (χ1) is 12.7. The number of morpholine rings is 1. The number of carbonyl (C=O) groups is 1. The van der Waals surface area contributed by atoms with Crippen molar-refractivity contribution in [2.75, 3.05) is 26.3 Å². The van der Waals surface area contributed by atoms with Crippen molar-refractivity contribution < 1.29 is 9.53 Å². The SMILES string of the molecule is Cn1ncc2c3ccccc3n(CCCC(=O)N3CCOCC3)c2c1=O. The molecule has 3 heterocycles. The Morgan fingerprint density at radius 3 is 2.77 bits per heavy atom. The monoisotopic (exact) mass is 354 g/mol. The third-order valence-electron chi connectivity index (χ3n) is 5.00. The molecule has 4 rings (SSSR count). The van der Waals surface area contributed by atoms with E-state index in [1.165, 1.54) is 4.68 Å². The molecule has 0 unspecified atom stereocenters. The fraction of sp³-hybridized carbons (Fsp3) is 0.421. The predicted molar refractivity (Wildman–Crippen MR) is 99.1 cm³/mol.